The summed E-state index contributed by atoms with van der Waals surface area (Å²) in [7, 11) is -3.59. The van der Waals surface area contributed by atoms with Crippen molar-refractivity contribution in [3.63, 3.8) is 0 Å². The smallest absolute Gasteiger partial charge is 0.241 e. The van der Waals surface area contributed by atoms with Gasteiger partial charge in [-0.1, -0.05) is 18.2 Å². The summed E-state index contributed by atoms with van der Waals surface area (Å²) in [5.41, 5.74) is 5.67. The van der Waals surface area contributed by atoms with E-state index in [-0.39, 0.29) is 11.3 Å². The first-order chi connectivity index (χ1) is 7.83. The van der Waals surface area contributed by atoms with E-state index in [0.717, 1.165) is 0 Å². The van der Waals surface area contributed by atoms with Crippen molar-refractivity contribution in [3.05, 3.63) is 29.8 Å². The number of aryl methyl sites for hydroxylation is 1. The molecule has 1 amide bonds. The molecule has 0 aliphatic heterocycles. The number of nitrogens with two attached hydrogens (primary N) is 1. The Hall–Kier alpha value is -1.40. The summed E-state index contributed by atoms with van der Waals surface area (Å²) < 4.78 is 26.4. The minimum Gasteiger partial charge on any atom is -0.370 e. The van der Waals surface area contributed by atoms with E-state index < -0.39 is 22.0 Å². The number of carbonyl (C=O) groups is 1. The van der Waals surface area contributed by atoms with Crippen LogP contribution < -0.4 is 10.5 Å². The van der Waals surface area contributed by atoms with Crippen molar-refractivity contribution in [2.24, 2.45) is 5.73 Å². The molecule has 0 heterocycles. The normalized spacial score (nSPS) is 13.3. The molecule has 0 fully saturated rings. The van der Waals surface area contributed by atoms with Crippen LogP contribution in [0, 0.1) is 6.92 Å². The van der Waals surface area contributed by atoms with Crippen molar-refractivity contribution >= 4 is 15.9 Å². The van der Waals surface area contributed by atoms with Crippen LogP contribution in [0.3, 0.4) is 0 Å². The summed E-state index contributed by atoms with van der Waals surface area (Å²) in [5, 5.41) is 0. The molecule has 5 nitrogen and oxygen atoms in total. The molecule has 6 heteroatoms. The van der Waals surface area contributed by atoms with E-state index in [2.05, 4.69) is 4.72 Å². The Kier molecular flexibility index (Phi) is 4.25. The van der Waals surface area contributed by atoms with Gasteiger partial charge in [0, 0.05) is 12.5 Å². The summed E-state index contributed by atoms with van der Waals surface area (Å²) in [5.74, 6) is -0.537. The molecule has 0 radical (unpaired) electrons. The van der Waals surface area contributed by atoms with Crippen LogP contribution in [0.1, 0.15) is 18.9 Å². The highest BCUT2D eigenvalue weighted by molar-refractivity contribution is 7.89. The first kappa shape index (κ1) is 13.7. The van der Waals surface area contributed by atoms with Gasteiger partial charge in [-0.15, -0.1) is 0 Å². The first-order valence-electron chi connectivity index (χ1n) is 5.19. The van der Waals surface area contributed by atoms with Crippen molar-refractivity contribution in [2.45, 2.75) is 31.2 Å². The highest BCUT2D eigenvalue weighted by Gasteiger charge is 2.19. The van der Waals surface area contributed by atoms with Crippen molar-refractivity contribution in [3.8, 4) is 0 Å². The van der Waals surface area contributed by atoms with Gasteiger partial charge in [0.2, 0.25) is 15.9 Å². The van der Waals surface area contributed by atoms with Gasteiger partial charge in [-0.3, -0.25) is 4.79 Å². The minimum absolute atomic E-state index is 0.0227. The van der Waals surface area contributed by atoms with Crippen LogP contribution in [0.4, 0.5) is 0 Å². The monoisotopic (exact) mass is 256 g/mol. The minimum atomic E-state index is -3.59. The molecule has 3 N–H and O–H groups in total. The van der Waals surface area contributed by atoms with Crippen LogP contribution in [0.15, 0.2) is 29.2 Å². The molecule has 1 rings (SSSR count). The Morgan fingerprint density at radius 2 is 2.00 bits per heavy atom. The molecule has 0 bridgehead atoms. The third-order valence-corrected chi connectivity index (χ3v) is 4.00. The molecule has 0 aliphatic rings. The van der Waals surface area contributed by atoms with Gasteiger partial charge < -0.3 is 5.73 Å². The fraction of sp³-hybridized carbons (Fsp3) is 0.364. The number of primary amides is 1. The number of hydrogen-bond donors (Lipinski definition) is 2. The molecule has 94 valence electrons. The topological polar surface area (TPSA) is 89.3 Å². The standard InChI is InChI=1S/C11H16N2O3S/c1-8-5-3-4-6-10(8)17(15,16)13-9(2)7-11(12)14/h3-6,9,13H,7H2,1-2H3,(H2,12,14). The van der Waals surface area contributed by atoms with E-state index in [1.54, 1.807) is 32.0 Å². The zero-order valence-electron chi connectivity index (χ0n) is 9.80. The molecule has 1 atom stereocenters. The molecule has 0 spiro atoms. The molecule has 1 unspecified atom stereocenters. The second kappa shape index (κ2) is 5.29. The maximum absolute atomic E-state index is 12.0. The van der Waals surface area contributed by atoms with E-state index in [0.29, 0.717) is 5.56 Å². The maximum atomic E-state index is 12.0. The predicted molar refractivity (Wildman–Crippen MR) is 64.8 cm³/mol. The lowest BCUT2D eigenvalue weighted by molar-refractivity contribution is -0.118. The summed E-state index contributed by atoms with van der Waals surface area (Å²) >= 11 is 0. The van der Waals surface area contributed by atoms with Crippen molar-refractivity contribution in [2.75, 3.05) is 0 Å². The number of sulfonamides is 1. The van der Waals surface area contributed by atoms with Crippen LogP contribution in [0.5, 0.6) is 0 Å². The number of hydrogen-bond acceptors (Lipinski definition) is 3. The van der Waals surface area contributed by atoms with E-state index in [4.69, 9.17) is 5.73 Å². The number of benzene rings is 1. The Labute approximate surface area is 101 Å². The Balaban J connectivity index is 2.90. The lowest BCUT2D eigenvalue weighted by Crippen LogP contribution is -2.35. The zero-order chi connectivity index (χ0) is 13.1. The van der Waals surface area contributed by atoms with E-state index in [1.807, 2.05) is 0 Å². The number of rotatable bonds is 5. The largest absolute Gasteiger partial charge is 0.370 e. The SMILES string of the molecule is Cc1ccccc1S(=O)(=O)NC(C)CC(N)=O. The molecule has 0 aliphatic carbocycles. The number of carbonyl (C=O) groups excluding carboxylic acids is 1. The van der Waals surface area contributed by atoms with Gasteiger partial charge in [0.25, 0.3) is 0 Å². The molecule has 0 saturated heterocycles. The summed E-state index contributed by atoms with van der Waals surface area (Å²) in [6.07, 6.45) is -0.0227. The Morgan fingerprint density at radius 1 is 1.41 bits per heavy atom. The van der Waals surface area contributed by atoms with Gasteiger partial charge in [-0.05, 0) is 25.5 Å². The van der Waals surface area contributed by atoms with Gasteiger partial charge >= 0.3 is 0 Å². The Bertz CT molecular complexity index is 511. The highest BCUT2D eigenvalue weighted by atomic mass is 32.2. The van der Waals surface area contributed by atoms with Crippen molar-refractivity contribution in [1.82, 2.24) is 4.72 Å². The van der Waals surface area contributed by atoms with Gasteiger partial charge in [0.05, 0.1) is 4.90 Å². The van der Waals surface area contributed by atoms with Gasteiger partial charge in [-0.25, -0.2) is 13.1 Å². The molecule has 1 aromatic rings. The summed E-state index contributed by atoms with van der Waals surface area (Å²) in [4.78, 5) is 10.9. The van der Waals surface area contributed by atoms with Crippen LogP contribution in [0.2, 0.25) is 0 Å². The molecule has 17 heavy (non-hydrogen) atoms. The van der Waals surface area contributed by atoms with Crippen LogP contribution in [0.25, 0.3) is 0 Å². The van der Waals surface area contributed by atoms with Gasteiger partial charge in [0.15, 0.2) is 0 Å². The number of nitrogens with one attached hydrogen (secondary N) is 1. The van der Waals surface area contributed by atoms with E-state index in [1.165, 1.54) is 6.07 Å². The van der Waals surface area contributed by atoms with Gasteiger partial charge in [0.1, 0.15) is 0 Å². The zero-order valence-corrected chi connectivity index (χ0v) is 10.6. The fourth-order valence-corrected chi connectivity index (χ4v) is 3.02. The third-order valence-electron chi connectivity index (χ3n) is 2.25. The molecule has 0 aromatic heterocycles. The summed E-state index contributed by atoms with van der Waals surface area (Å²) in [6.45, 7) is 3.31. The van der Waals surface area contributed by atoms with E-state index >= 15 is 0 Å². The predicted octanol–water partition coefficient (Wildman–Crippen LogP) is 0.537. The van der Waals surface area contributed by atoms with Crippen molar-refractivity contribution < 1.29 is 13.2 Å². The summed E-state index contributed by atoms with van der Waals surface area (Å²) in [6, 6.07) is 6.14. The van der Waals surface area contributed by atoms with Gasteiger partial charge in [-0.2, -0.15) is 0 Å². The quantitative estimate of drug-likeness (QED) is 0.805. The van der Waals surface area contributed by atoms with Crippen LogP contribution in [-0.2, 0) is 14.8 Å². The lowest BCUT2D eigenvalue weighted by Gasteiger charge is -2.13. The first-order valence-corrected chi connectivity index (χ1v) is 6.67. The Morgan fingerprint density at radius 3 is 2.53 bits per heavy atom. The second-order valence-electron chi connectivity index (χ2n) is 3.96. The molecular weight excluding hydrogens is 240 g/mol. The molecule has 1 aromatic carbocycles. The number of amides is 1. The maximum Gasteiger partial charge on any atom is 0.241 e. The average Bonchev–Trinajstić information content (AvgIpc) is 2.15. The van der Waals surface area contributed by atoms with Crippen LogP contribution in [-0.4, -0.2) is 20.4 Å². The lowest BCUT2D eigenvalue weighted by atomic mass is 10.2. The molecular formula is C11H16N2O3S. The van der Waals surface area contributed by atoms with Crippen molar-refractivity contribution in [1.29, 1.82) is 0 Å². The molecule has 0 saturated carbocycles. The van der Waals surface area contributed by atoms with E-state index in [9.17, 15) is 13.2 Å². The fourth-order valence-electron chi connectivity index (χ4n) is 1.53. The average molecular weight is 256 g/mol. The van der Waals surface area contributed by atoms with Crippen LogP contribution >= 0.6 is 0 Å². The highest BCUT2D eigenvalue weighted by Crippen LogP contribution is 2.14. The third kappa shape index (κ3) is 3.83. The second-order valence-corrected chi connectivity index (χ2v) is 5.64.